The van der Waals surface area contributed by atoms with Gasteiger partial charge in [-0.25, -0.2) is 8.78 Å². The van der Waals surface area contributed by atoms with Crippen LogP contribution < -0.4 is 9.84 Å². The molecule has 0 N–H and O–H groups in total. The van der Waals surface area contributed by atoms with E-state index in [1.807, 2.05) is 0 Å². The Balaban J connectivity index is 2.06. The average Bonchev–Trinajstić information content (AvgIpc) is 2.30. The number of carbonyl (C=O) groups excluding carboxylic acids is 1. The minimum absolute atomic E-state index is 0.0298. The Bertz CT molecular complexity index is 633. The fourth-order valence-electron chi connectivity index (χ4n) is 3.34. The molecule has 0 atom stereocenters. The van der Waals surface area contributed by atoms with E-state index in [1.54, 1.807) is 41.5 Å². The molecule has 4 nitrogen and oxygen atoms in total. The van der Waals surface area contributed by atoms with E-state index in [4.69, 9.17) is 4.74 Å². The lowest BCUT2D eigenvalue weighted by molar-refractivity contribution is -0.276. The third kappa shape index (κ3) is 4.22. The summed E-state index contributed by atoms with van der Waals surface area (Å²) < 4.78 is 34.1. The highest BCUT2D eigenvalue weighted by Gasteiger charge is 2.40. The van der Waals surface area contributed by atoms with Crippen LogP contribution in [0.15, 0.2) is 12.1 Å². The molecule has 140 valence electrons. The molecule has 0 aliphatic heterocycles. The molecule has 1 amide bonds. The molecular formula is C19H26F2NO3-. The summed E-state index contributed by atoms with van der Waals surface area (Å²) in [5.74, 6) is -1.14. The first kappa shape index (κ1) is 19.5. The largest absolute Gasteiger partial charge is 0.530 e. The topological polar surface area (TPSA) is 52.6 Å². The van der Waals surface area contributed by atoms with E-state index < -0.39 is 28.7 Å². The maximum atomic E-state index is 14.2. The summed E-state index contributed by atoms with van der Waals surface area (Å²) in [6.07, 6.45) is -0.554. The number of benzene rings is 1. The third-order valence-electron chi connectivity index (χ3n) is 4.42. The Kier molecular flexibility index (Phi) is 5.04. The summed E-state index contributed by atoms with van der Waals surface area (Å²) in [7, 11) is 0. The standard InChI is InChI=1S/C19H27F2NO3/c1-18(2,3)16-14(20)9-13(10-15(16)21)25-12-7-11(8-12)22(17(23)24)19(4,5)6/h9-12H,7-8H2,1-6H3,(H,23,24)/p-1. The number of rotatable bonds is 3. The van der Waals surface area contributed by atoms with Gasteiger partial charge in [0.05, 0.1) is 0 Å². The van der Waals surface area contributed by atoms with Crippen molar-refractivity contribution in [3.05, 3.63) is 29.3 Å². The first-order valence-corrected chi connectivity index (χ1v) is 8.47. The summed E-state index contributed by atoms with van der Waals surface area (Å²) in [5, 5.41) is 11.3. The van der Waals surface area contributed by atoms with Gasteiger partial charge in [-0.15, -0.1) is 0 Å². The predicted molar refractivity (Wildman–Crippen MR) is 89.5 cm³/mol. The van der Waals surface area contributed by atoms with Gasteiger partial charge in [0.1, 0.15) is 29.6 Å². The highest BCUT2D eigenvalue weighted by atomic mass is 19.1. The highest BCUT2D eigenvalue weighted by molar-refractivity contribution is 5.64. The zero-order valence-electron chi connectivity index (χ0n) is 15.7. The molecule has 1 fully saturated rings. The van der Waals surface area contributed by atoms with Crippen LogP contribution in [0.25, 0.3) is 0 Å². The number of carboxylic acid groups (broad SMARTS) is 1. The zero-order chi connectivity index (χ0) is 19.2. The maximum Gasteiger partial charge on any atom is 0.137 e. The molecule has 1 aromatic carbocycles. The summed E-state index contributed by atoms with van der Waals surface area (Å²) in [6, 6.07) is 2.17. The van der Waals surface area contributed by atoms with Crippen molar-refractivity contribution < 1.29 is 23.4 Å². The van der Waals surface area contributed by atoms with Crippen molar-refractivity contribution in [2.45, 2.75) is 77.5 Å². The predicted octanol–water partition coefficient (Wildman–Crippen LogP) is 3.62. The first-order valence-electron chi connectivity index (χ1n) is 8.47. The minimum Gasteiger partial charge on any atom is -0.530 e. The average molecular weight is 354 g/mol. The van der Waals surface area contributed by atoms with E-state index in [2.05, 4.69) is 0 Å². The molecule has 25 heavy (non-hydrogen) atoms. The zero-order valence-corrected chi connectivity index (χ0v) is 15.7. The van der Waals surface area contributed by atoms with Crippen molar-refractivity contribution in [2.75, 3.05) is 0 Å². The van der Waals surface area contributed by atoms with Gasteiger partial charge in [0.15, 0.2) is 0 Å². The number of hydrogen-bond donors (Lipinski definition) is 0. The second-order valence-electron chi connectivity index (χ2n) is 8.68. The van der Waals surface area contributed by atoms with Gasteiger partial charge in [-0.05, 0) is 26.2 Å². The Hall–Kier alpha value is -1.85. The Labute approximate surface area is 147 Å². The van der Waals surface area contributed by atoms with Crippen LogP contribution in [0.2, 0.25) is 0 Å². The van der Waals surface area contributed by atoms with Crippen LogP contribution >= 0.6 is 0 Å². The molecule has 0 spiro atoms. The molecule has 6 heteroatoms. The molecule has 0 aromatic heterocycles. The lowest BCUT2D eigenvalue weighted by Gasteiger charge is -2.50. The van der Waals surface area contributed by atoms with Crippen molar-refractivity contribution in [2.24, 2.45) is 0 Å². The van der Waals surface area contributed by atoms with E-state index in [0.717, 1.165) is 0 Å². The fourth-order valence-corrected chi connectivity index (χ4v) is 3.34. The maximum absolute atomic E-state index is 14.2. The van der Waals surface area contributed by atoms with Gasteiger partial charge in [-0.2, -0.15) is 0 Å². The SMILES string of the molecule is CC(C)(C)c1c(F)cc(OC2CC(N(C(=O)[O-])C(C)(C)C)C2)cc1F. The van der Waals surface area contributed by atoms with E-state index >= 15 is 0 Å². The van der Waals surface area contributed by atoms with Gasteiger partial charge in [-0.3, -0.25) is 0 Å². The van der Waals surface area contributed by atoms with Gasteiger partial charge < -0.3 is 19.5 Å². The molecule has 1 aliphatic rings. The summed E-state index contributed by atoms with van der Waals surface area (Å²) in [5.41, 5.74) is -1.18. The molecule has 0 heterocycles. The number of halogens is 2. The monoisotopic (exact) mass is 354 g/mol. The van der Waals surface area contributed by atoms with Crippen LogP contribution in [-0.4, -0.2) is 28.7 Å². The van der Waals surface area contributed by atoms with Gasteiger partial charge in [-0.1, -0.05) is 20.8 Å². The molecule has 0 saturated heterocycles. The van der Waals surface area contributed by atoms with Gasteiger partial charge in [0.2, 0.25) is 0 Å². The summed E-state index contributed by atoms with van der Waals surface area (Å²) in [4.78, 5) is 12.6. The van der Waals surface area contributed by atoms with Crippen LogP contribution in [0, 0.1) is 11.6 Å². The van der Waals surface area contributed by atoms with Crippen molar-refractivity contribution in [3.63, 3.8) is 0 Å². The molecule has 1 saturated carbocycles. The van der Waals surface area contributed by atoms with Crippen molar-refractivity contribution in [1.82, 2.24) is 4.90 Å². The van der Waals surface area contributed by atoms with E-state index in [-0.39, 0.29) is 23.5 Å². The quantitative estimate of drug-likeness (QED) is 0.833. The normalized spacial score (nSPS) is 20.8. The second-order valence-corrected chi connectivity index (χ2v) is 8.68. The highest BCUT2D eigenvalue weighted by Crippen LogP contribution is 2.35. The molecule has 0 unspecified atom stereocenters. The molecule has 1 aromatic rings. The second kappa shape index (κ2) is 6.46. The van der Waals surface area contributed by atoms with Crippen molar-refractivity contribution >= 4 is 6.09 Å². The van der Waals surface area contributed by atoms with Crippen molar-refractivity contribution in [3.8, 4) is 5.75 Å². The first-order chi connectivity index (χ1) is 11.3. The lowest BCUT2D eigenvalue weighted by Crippen LogP contribution is -2.61. The number of nitrogens with zero attached hydrogens (tertiary/aromatic N) is 1. The van der Waals surface area contributed by atoms with Crippen LogP contribution in [0.3, 0.4) is 0 Å². The van der Waals surface area contributed by atoms with E-state index in [9.17, 15) is 18.7 Å². The number of hydrogen-bond acceptors (Lipinski definition) is 3. The molecule has 1 aliphatic carbocycles. The van der Waals surface area contributed by atoms with Crippen LogP contribution in [0.4, 0.5) is 13.6 Å². The lowest BCUT2D eigenvalue weighted by atomic mass is 9.85. The van der Waals surface area contributed by atoms with Crippen molar-refractivity contribution in [1.29, 1.82) is 0 Å². The Morgan fingerprint density at radius 3 is 1.96 bits per heavy atom. The third-order valence-corrected chi connectivity index (χ3v) is 4.42. The molecule has 0 radical (unpaired) electrons. The van der Waals surface area contributed by atoms with E-state index in [1.165, 1.54) is 17.0 Å². The van der Waals surface area contributed by atoms with Gasteiger partial charge >= 0.3 is 0 Å². The van der Waals surface area contributed by atoms with Crippen LogP contribution in [-0.2, 0) is 5.41 Å². The van der Waals surface area contributed by atoms with Crippen LogP contribution in [0.1, 0.15) is 59.9 Å². The smallest absolute Gasteiger partial charge is 0.137 e. The Morgan fingerprint density at radius 1 is 1.12 bits per heavy atom. The minimum atomic E-state index is -1.22. The van der Waals surface area contributed by atoms with Crippen LogP contribution in [0.5, 0.6) is 5.75 Å². The molecular weight excluding hydrogens is 328 g/mol. The molecule has 2 rings (SSSR count). The van der Waals surface area contributed by atoms with Gasteiger partial charge in [0.25, 0.3) is 0 Å². The fraction of sp³-hybridized carbons (Fsp3) is 0.632. The number of carbonyl (C=O) groups is 1. The van der Waals surface area contributed by atoms with E-state index in [0.29, 0.717) is 12.8 Å². The number of amides is 1. The van der Waals surface area contributed by atoms with Gasteiger partial charge in [0, 0.05) is 42.1 Å². The summed E-state index contributed by atoms with van der Waals surface area (Å²) >= 11 is 0. The summed E-state index contributed by atoms with van der Waals surface area (Å²) in [6.45, 7) is 10.6. The number of ether oxygens (including phenoxy) is 1. The Morgan fingerprint density at radius 2 is 1.60 bits per heavy atom. The molecule has 0 bridgehead atoms.